The van der Waals surface area contributed by atoms with Crippen LogP contribution in [0.5, 0.6) is 5.75 Å². The van der Waals surface area contributed by atoms with Crippen LogP contribution >= 0.6 is 23.2 Å². The number of halogens is 5. The maximum atomic E-state index is 12.0. The molecule has 98 valence electrons. The number of hydrogen-bond acceptors (Lipinski definition) is 3. The molecule has 0 aliphatic heterocycles. The van der Waals surface area contributed by atoms with E-state index in [1.807, 2.05) is 0 Å². The molecule has 0 radical (unpaired) electrons. The highest BCUT2D eigenvalue weighted by atomic mass is 35.5. The fourth-order valence-electron chi connectivity index (χ4n) is 1.01. The van der Waals surface area contributed by atoms with Crippen LogP contribution in [-0.4, -0.2) is 17.9 Å². The lowest BCUT2D eigenvalue weighted by molar-refractivity contribution is -0.189. The molecular weight excluding hydrogens is 296 g/mol. The molecule has 1 aromatic carbocycles. The average Bonchev–Trinajstić information content (AvgIpc) is 2.21. The van der Waals surface area contributed by atoms with Crippen LogP contribution in [0.4, 0.5) is 13.2 Å². The van der Waals surface area contributed by atoms with Crippen molar-refractivity contribution in [2.75, 3.05) is 0 Å². The molecule has 0 N–H and O–H groups in total. The van der Waals surface area contributed by atoms with Crippen molar-refractivity contribution in [2.45, 2.75) is 13.1 Å². The zero-order valence-corrected chi connectivity index (χ0v) is 10.3. The van der Waals surface area contributed by atoms with E-state index in [4.69, 9.17) is 23.2 Å². The van der Waals surface area contributed by atoms with Gasteiger partial charge in [-0.1, -0.05) is 23.2 Å². The number of alkyl halides is 3. The fraction of sp³-hybridized carbons (Fsp3) is 0.200. The summed E-state index contributed by atoms with van der Waals surface area (Å²) in [5, 5.41) is -0.712. The Kier molecular flexibility index (Phi) is 4.24. The van der Waals surface area contributed by atoms with Gasteiger partial charge in [0.15, 0.2) is 11.5 Å². The molecule has 18 heavy (non-hydrogen) atoms. The number of Topliss-reactive ketones (excluding diaryl/α,β-unsaturated/α-hetero) is 1. The summed E-state index contributed by atoms with van der Waals surface area (Å²) in [5.74, 6) is -3.46. The molecule has 0 bridgehead atoms. The topological polar surface area (TPSA) is 43.4 Å². The number of ether oxygens (including phenoxy) is 1. The first-order valence-corrected chi connectivity index (χ1v) is 5.17. The van der Waals surface area contributed by atoms with Gasteiger partial charge >= 0.3 is 12.1 Å². The van der Waals surface area contributed by atoms with Gasteiger partial charge in [-0.15, -0.1) is 0 Å². The Hall–Kier alpha value is -1.27. The third-order valence-corrected chi connectivity index (χ3v) is 2.39. The van der Waals surface area contributed by atoms with Crippen molar-refractivity contribution >= 4 is 35.0 Å². The number of rotatable bonds is 2. The summed E-state index contributed by atoms with van der Waals surface area (Å²) in [6, 6.07) is 2.13. The lowest BCUT2D eigenvalue weighted by atomic mass is 10.1. The second-order valence-corrected chi connectivity index (χ2v) is 4.03. The fourth-order valence-corrected chi connectivity index (χ4v) is 1.58. The number of benzene rings is 1. The lowest BCUT2D eigenvalue weighted by Crippen LogP contribution is -2.28. The van der Waals surface area contributed by atoms with E-state index >= 15 is 0 Å². The summed E-state index contributed by atoms with van der Waals surface area (Å²) in [7, 11) is 0. The number of hydrogen-bond donors (Lipinski definition) is 0. The van der Waals surface area contributed by atoms with Crippen LogP contribution in [-0.2, 0) is 4.79 Å². The molecule has 0 saturated heterocycles. The van der Waals surface area contributed by atoms with Gasteiger partial charge in [0.2, 0.25) is 0 Å². The van der Waals surface area contributed by atoms with Crippen molar-refractivity contribution < 1.29 is 27.5 Å². The van der Waals surface area contributed by atoms with Gasteiger partial charge in [0.05, 0.1) is 10.0 Å². The van der Waals surface area contributed by atoms with Crippen LogP contribution in [0.1, 0.15) is 17.3 Å². The molecule has 3 nitrogen and oxygen atoms in total. The van der Waals surface area contributed by atoms with Crippen LogP contribution in [0.3, 0.4) is 0 Å². The van der Waals surface area contributed by atoms with Crippen molar-refractivity contribution in [3.05, 3.63) is 27.7 Å². The van der Waals surface area contributed by atoms with Crippen molar-refractivity contribution in [2.24, 2.45) is 0 Å². The molecule has 1 aromatic rings. The number of ketones is 1. The van der Waals surface area contributed by atoms with E-state index in [0.717, 1.165) is 12.1 Å². The predicted octanol–water partition coefficient (Wildman–Crippen LogP) is 3.66. The summed E-state index contributed by atoms with van der Waals surface area (Å²) in [6.07, 6.45) is -5.16. The molecule has 0 aromatic heterocycles. The van der Waals surface area contributed by atoms with Gasteiger partial charge in [0.1, 0.15) is 0 Å². The Bertz CT molecular complexity index is 489. The summed E-state index contributed by atoms with van der Waals surface area (Å²) in [4.78, 5) is 21.7. The molecular formula is C10H5Cl2F3O3. The molecule has 0 fully saturated rings. The monoisotopic (exact) mass is 300 g/mol. The summed E-state index contributed by atoms with van der Waals surface area (Å²) in [5.41, 5.74) is 0.0943. The Morgan fingerprint density at radius 1 is 1.17 bits per heavy atom. The highest BCUT2D eigenvalue weighted by Gasteiger charge is 2.42. The molecule has 0 atom stereocenters. The second-order valence-electron chi connectivity index (χ2n) is 3.21. The zero-order valence-electron chi connectivity index (χ0n) is 8.77. The molecule has 1 rings (SSSR count). The number of carbonyl (C=O) groups is 2. The summed E-state index contributed by atoms with van der Waals surface area (Å²) in [6.45, 7) is 1.23. The predicted molar refractivity (Wildman–Crippen MR) is 58.2 cm³/mol. The molecule has 0 aliphatic carbocycles. The first-order chi connectivity index (χ1) is 8.12. The highest BCUT2D eigenvalue weighted by molar-refractivity contribution is 6.38. The van der Waals surface area contributed by atoms with Crippen molar-refractivity contribution in [3.63, 3.8) is 0 Å². The molecule has 0 saturated carbocycles. The second kappa shape index (κ2) is 5.16. The van der Waals surface area contributed by atoms with Gasteiger partial charge in [0.25, 0.3) is 0 Å². The van der Waals surface area contributed by atoms with Crippen molar-refractivity contribution in [1.82, 2.24) is 0 Å². The third-order valence-electron chi connectivity index (χ3n) is 1.83. The first-order valence-electron chi connectivity index (χ1n) is 4.42. The van der Waals surface area contributed by atoms with E-state index in [-0.39, 0.29) is 21.4 Å². The van der Waals surface area contributed by atoms with Crippen LogP contribution in [0.15, 0.2) is 12.1 Å². The van der Waals surface area contributed by atoms with Crippen LogP contribution in [0.2, 0.25) is 10.0 Å². The van der Waals surface area contributed by atoms with Gasteiger partial charge in [-0.3, -0.25) is 4.79 Å². The van der Waals surface area contributed by atoms with E-state index in [2.05, 4.69) is 4.74 Å². The number of esters is 1. The van der Waals surface area contributed by atoms with E-state index in [9.17, 15) is 22.8 Å². The molecule has 8 heteroatoms. The highest BCUT2D eigenvalue weighted by Crippen LogP contribution is 2.35. The lowest BCUT2D eigenvalue weighted by Gasteiger charge is -2.10. The quantitative estimate of drug-likeness (QED) is 0.475. The van der Waals surface area contributed by atoms with Crippen molar-refractivity contribution in [1.29, 1.82) is 0 Å². The van der Waals surface area contributed by atoms with Crippen LogP contribution < -0.4 is 4.74 Å². The molecule has 0 aliphatic rings. The SMILES string of the molecule is CC(=O)c1cc(Cl)c(OC(=O)C(F)(F)F)c(Cl)c1. The zero-order chi connectivity index (χ0) is 14.1. The van der Waals surface area contributed by atoms with E-state index in [1.165, 1.54) is 6.92 Å². The van der Waals surface area contributed by atoms with Gasteiger partial charge in [-0.05, 0) is 19.1 Å². The molecule has 0 heterocycles. The molecule has 0 amide bonds. The van der Waals surface area contributed by atoms with E-state index in [0.29, 0.717) is 0 Å². The van der Waals surface area contributed by atoms with Crippen LogP contribution in [0, 0.1) is 0 Å². The summed E-state index contributed by atoms with van der Waals surface area (Å²) < 4.78 is 40.0. The number of carbonyl (C=O) groups excluding carboxylic acids is 2. The maximum absolute atomic E-state index is 12.0. The minimum Gasteiger partial charge on any atom is -0.417 e. The Morgan fingerprint density at radius 3 is 1.94 bits per heavy atom. The normalized spacial score (nSPS) is 11.2. The van der Waals surface area contributed by atoms with Crippen LogP contribution in [0.25, 0.3) is 0 Å². The molecule has 0 spiro atoms. The van der Waals surface area contributed by atoms with Crippen molar-refractivity contribution in [3.8, 4) is 5.75 Å². The smallest absolute Gasteiger partial charge is 0.417 e. The van der Waals surface area contributed by atoms with Gasteiger partial charge in [-0.25, -0.2) is 4.79 Å². The Morgan fingerprint density at radius 2 is 1.61 bits per heavy atom. The maximum Gasteiger partial charge on any atom is 0.491 e. The minimum atomic E-state index is -5.16. The largest absolute Gasteiger partial charge is 0.491 e. The standard InChI is InChI=1S/C10H5Cl2F3O3/c1-4(16)5-2-6(11)8(7(12)3-5)18-9(17)10(13,14)15/h2-3H,1H3. The first kappa shape index (κ1) is 14.8. The third kappa shape index (κ3) is 3.36. The van der Waals surface area contributed by atoms with E-state index in [1.54, 1.807) is 0 Å². The Labute approximate surface area is 109 Å². The van der Waals surface area contributed by atoms with Gasteiger partial charge in [-0.2, -0.15) is 13.2 Å². The van der Waals surface area contributed by atoms with Gasteiger partial charge < -0.3 is 4.74 Å². The summed E-state index contributed by atoms with van der Waals surface area (Å²) >= 11 is 11.2. The van der Waals surface area contributed by atoms with E-state index < -0.39 is 17.9 Å². The average molecular weight is 301 g/mol. The Balaban J connectivity index is 3.12. The molecule has 0 unspecified atom stereocenters. The minimum absolute atomic E-state index is 0.0943. The van der Waals surface area contributed by atoms with Gasteiger partial charge in [0, 0.05) is 5.56 Å².